The second-order valence-electron chi connectivity index (χ2n) is 5.67. The molecule has 0 saturated carbocycles. The van der Waals surface area contributed by atoms with Crippen LogP contribution < -0.4 is 10.2 Å². The largest absolute Gasteiger partial charge is 0.481 e. The zero-order chi connectivity index (χ0) is 16.8. The number of hydrogen-bond donors (Lipinski definition) is 2. The highest BCUT2D eigenvalue weighted by atomic mass is 19.1. The molecule has 1 aromatic carbocycles. The minimum atomic E-state index is -0.872. The summed E-state index contributed by atoms with van der Waals surface area (Å²) in [5.41, 5.74) is -0.0503. The van der Waals surface area contributed by atoms with E-state index in [0.717, 1.165) is 0 Å². The number of hydrogen-bond acceptors (Lipinski definition) is 3. The van der Waals surface area contributed by atoms with Gasteiger partial charge in [-0.05, 0) is 31.4 Å². The summed E-state index contributed by atoms with van der Waals surface area (Å²) in [5.74, 6) is -2.24. The lowest BCUT2D eigenvalue weighted by Crippen LogP contribution is -2.37. The Labute approximate surface area is 133 Å². The van der Waals surface area contributed by atoms with Crippen molar-refractivity contribution in [3.63, 3.8) is 0 Å². The molecule has 1 heterocycles. The predicted molar refractivity (Wildman–Crippen MR) is 81.2 cm³/mol. The van der Waals surface area contributed by atoms with Crippen LogP contribution in [0.25, 0.3) is 0 Å². The number of nitrogens with zero attached hydrogens (tertiary/aromatic N) is 1. The van der Waals surface area contributed by atoms with Gasteiger partial charge in [0.05, 0.1) is 0 Å². The standard InChI is InChI=1S/C16H20F2N2O3/c17-12-4-3-5-13(18)16(12)20-9-8-11(10-20)19-14(21)6-1-2-7-15(22)23/h3-5,11H,1-2,6-10H2,(H,19,21)(H,22,23)/t11-/m1/s1. The van der Waals surface area contributed by atoms with Gasteiger partial charge < -0.3 is 15.3 Å². The number of aliphatic carboxylic acids is 1. The molecular weight excluding hydrogens is 306 g/mol. The third-order valence-corrected chi connectivity index (χ3v) is 3.85. The Morgan fingerprint density at radius 1 is 1.22 bits per heavy atom. The number of carbonyl (C=O) groups excluding carboxylic acids is 1. The Morgan fingerprint density at radius 3 is 2.52 bits per heavy atom. The Morgan fingerprint density at radius 2 is 1.87 bits per heavy atom. The van der Waals surface area contributed by atoms with E-state index in [1.165, 1.54) is 18.2 Å². The SMILES string of the molecule is O=C(O)CCCCC(=O)N[C@@H]1CCN(c2c(F)cccc2F)C1. The fourth-order valence-electron chi connectivity index (χ4n) is 2.73. The molecule has 1 aliphatic heterocycles. The van der Waals surface area contributed by atoms with Crippen molar-refractivity contribution in [2.45, 2.75) is 38.1 Å². The molecule has 0 bridgehead atoms. The summed E-state index contributed by atoms with van der Waals surface area (Å²) in [6, 6.07) is 3.60. The highest BCUT2D eigenvalue weighted by molar-refractivity contribution is 5.76. The maximum absolute atomic E-state index is 13.7. The fraction of sp³-hybridized carbons (Fsp3) is 0.500. The van der Waals surface area contributed by atoms with Gasteiger partial charge in [0.2, 0.25) is 5.91 Å². The molecule has 0 aromatic heterocycles. The van der Waals surface area contributed by atoms with Gasteiger partial charge in [0, 0.05) is 32.0 Å². The quantitative estimate of drug-likeness (QED) is 0.755. The maximum atomic E-state index is 13.7. The van der Waals surface area contributed by atoms with Crippen molar-refractivity contribution in [2.75, 3.05) is 18.0 Å². The van der Waals surface area contributed by atoms with Crippen LogP contribution in [-0.4, -0.2) is 36.1 Å². The molecule has 2 rings (SSSR count). The number of carbonyl (C=O) groups is 2. The number of rotatable bonds is 7. The van der Waals surface area contributed by atoms with E-state index in [0.29, 0.717) is 32.4 Å². The monoisotopic (exact) mass is 326 g/mol. The summed E-state index contributed by atoms with van der Waals surface area (Å²) >= 11 is 0. The number of carboxylic acids is 1. The van der Waals surface area contributed by atoms with Crippen LogP contribution in [0.1, 0.15) is 32.1 Å². The van der Waals surface area contributed by atoms with Crippen molar-refractivity contribution in [3.05, 3.63) is 29.8 Å². The van der Waals surface area contributed by atoms with Crippen LogP contribution in [0, 0.1) is 11.6 Å². The molecule has 0 aliphatic carbocycles. The molecule has 1 fully saturated rings. The van der Waals surface area contributed by atoms with Gasteiger partial charge in [-0.15, -0.1) is 0 Å². The molecule has 0 spiro atoms. The van der Waals surface area contributed by atoms with Gasteiger partial charge in [-0.25, -0.2) is 8.78 Å². The van der Waals surface area contributed by atoms with Gasteiger partial charge in [-0.3, -0.25) is 9.59 Å². The Balaban J connectivity index is 1.79. The van der Waals surface area contributed by atoms with Crippen molar-refractivity contribution in [1.29, 1.82) is 0 Å². The van der Waals surface area contributed by atoms with Crippen LogP contribution in [0.5, 0.6) is 0 Å². The van der Waals surface area contributed by atoms with Crippen LogP contribution in [0.4, 0.5) is 14.5 Å². The first-order chi connectivity index (χ1) is 11.0. The van der Waals surface area contributed by atoms with Crippen LogP contribution in [0.2, 0.25) is 0 Å². The third-order valence-electron chi connectivity index (χ3n) is 3.85. The van der Waals surface area contributed by atoms with Gasteiger partial charge in [0.1, 0.15) is 17.3 Å². The van der Waals surface area contributed by atoms with Gasteiger partial charge in [-0.2, -0.15) is 0 Å². The topological polar surface area (TPSA) is 69.6 Å². The average Bonchev–Trinajstić information content (AvgIpc) is 2.91. The Hall–Kier alpha value is -2.18. The number of amides is 1. The molecule has 0 radical (unpaired) electrons. The maximum Gasteiger partial charge on any atom is 0.303 e. The van der Waals surface area contributed by atoms with Crippen molar-refractivity contribution < 1.29 is 23.5 Å². The van der Waals surface area contributed by atoms with Crippen LogP contribution in [0.15, 0.2) is 18.2 Å². The van der Waals surface area contributed by atoms with Crippen molar-refractivity contribution in [1.82, 2.24) is 5.32 Å². The normalized spacial score (nSPS) is 17.3. The van der Waals surface area contributed by atoms with Crippen molar-refractivity contribution in [3.8, 4) is 0 Å². The smallest absolute Gasteiger partial charge is 0.303 e. The lowest BCUT2D eigenvalue weighted by Gasteiger charge is -2.20. The summed E-state index contributed by atoms with van der Waals surface area (Å²) in [6.07, 6.45) is 1.90. The lowest BCUT2D eigenvalue weighted by atomic mass is 10.1. The van der Waals surface area contributed by atoms with Crippen molar-refractivity contribution in [2.24, 2.45) is 0 Å². The molecular formula is C16H20F2N2O3. The number of anilines is 1. The first-order valence-corrected chi connectivity index (χ1v) is 7.67. The van der Waals surface area contributed by atoms with E-state index in [2.05, 4.69) is 5.32 Å². The predicted octanol–water partition coefficient (Wildman–Crippen LogP) is 2.30. The van der Waals surface area contributed by atoms with E-state index in [9.17, 15) is 18.4 Å². The second kappa shape index (κ2) is 7.89. The van der Waals surface area contributed by atoms with Crippen LogP contribution >= 0.6 is 0 Å². The molecule has 1 amide bonds. The van der Waals surface area contributed by atoms with E-state index < -0.39 is 17.6 Å². The summed E-state index contributed by atoms with van der Waals surface area (Å²) in [7, 11) is 0. The van der Waals surface area contributed by atoms with E-state index >= 15 is 0 Å². The Bertz CT molecular complexity index is 560. The first kappa shape index (κ1) is 17.2. The van der Waals surface area contributed by atoms with Gasteiger partial charge >= 0.3 is 5.97 Å². The minimum absolute atomic E-state index is 0.0503. The number of carboxylic acid groups (broad SMARTS) is 1. The molecule has 5 nitrogen and oxygen atoms in total. The molecule has 126 valence electrons. The number of halogens is 2. The molecule has 2 N–H and O–H groups in total. The molecule has 23 heavy (non-hydrogen) atoms. The van der Waals surface area contributed by atoms with Gasteiger partial charge in [-0.1, -0.05) is 6.07 Å². The average molecular weight is 326 g/mol. The zero-order valence-electron chi connectivity index (χ0n) is 12.7. The minimum Gasteiger partial charge on any atom is -0.481 e. The van der Waals surface area contributed by atoms with Crippen LogP contribution in [0.3, 0.4) is 0 Å². The summed E-state index contributed by atoms with van der Waals surface area (Å²) < 4.78 is 27.5. The molecule has 0 unspecified atom stereocenters. The van der Waals surface area contributed by atoms with Crippen molar-refractivity contribution >= 4 is 17.6 Å². The van der Waals surface area contributed by atoms with E-state index in [-0.39, 0.29) is 30.5 Å². The molecule has 7 heteroatoms. The molecule has 1 atom stereocenters. The third kappa shape index (κ3) is 4.91. The molecule has 1 aliphatic rings. The lowest BCUT2D eigenvalue weighted by molar-refractivity contribution is -0.137. The fourth-order valence-corrected chi connectivity index (χ4v) is 2.73. The van der Waals surface area contributed by atoms with Gasteiger partial charge in [0.25, 0.3) is 0 Å². The molecule has 1 saturated heterocycles. The summed E-state index contributed by atoms with van der Waals surface area (Å²) in [6.45, 7) is 0.834. The number of nitrogens with one attached hydrogen (secondary N) is 1. The number of unbranched alkanes of at least 4 members (excludes halogenated alkanes) is 1. The van der Waals surface area contributed by atoms with E-state index in [4.69, 9.17) is 5.11 Å². The summed E-state index contributed by atoms with van der Waals surface area (Å²) in [5, 5.41) is 11.4. The van der Waals surface area contributed by atoms with Gasteiger partial charge in [0.15, 0.2) is 0 Å². The Kier molecular flexibility index (Phi) is 5.90. The van der Waals surface area contributed by atoms with Crippen LogP contribution in [-0.2, 0) is 9.59 Å². The second-order valence-corrected chi connectivity index (χ2v) is 5.67. The number of para-hydroxylation sites is 1. The number of benzene rings is 1. The van der Waals surface area contributed by atoms with E-state index in [1.54, 1.807) is 4.90 Å². The first-order valence-electron chi connectivity index (χ1n) is 7.67. The highest BCUT2D eigenvalue weighted by Crippen LogP contribution is 2.26. The zero-order valence-corrected chi connectivity index (χ0v) is 12.7. The van der Waals surface area contributed by atoms with E-state index in [1.807, 2.05) is 0 Å². The molecule has 1 aromatic rings. The highest BCUT2D eigenvalue weighted by Gasteiger charge is 2.27. The summed E-state index contributed by atoms with van der Waals surface area (Å²) in [4.78, 5) is 23.8.